The maximum Gasteiger partial charge on any atom is 0.0220 e. The molecule has 0 aromatic carbocycles. The lowest BCUT2D eigenvalue weighted by molar-refractivity contribution is 0.165. The largest absolute Gasteiger partial charge is 0.328 e. The minimum atomic E-state index is 0.272. The molecule has 0 aliphatic carbocycles. The Morgan fingerprint density at radius 3 is 1.50 bits per heavy atom. The monoisotopic (exact) mass is 283 g/mol. The predicted octanol–water partition coefficient (Wildman–Crippen LogP) is 3.21. The number of halogens is 1. The van der Waals surface area contributed by atoms with E-state index in [-0.39, 0.29) is 14.9 Å². The highest BCUT2D eigenvalue weighted by molar-refractivity contribution is 14.1. The second-order valence-corrected chi connectivity index (χ2v) is 7.54. The van der Waals surface area contributed by atoms with Gasteiger partial charge in [0.25, 0.3) is 0 Å². The van der Waals surface area contributed by atoms with E-state index in [0.29, 0.717) is 5.92 Å². The smallest absolute Gasteiger partial charge is 0.0220 e. The van der Waals surface area contributed by atoms with Gasteiger partial charge >= 0.3 is 0 Å². The van der Waals surface area contributed by atoms with Crippen molar-refractivity contribution in [1.29, 1.82) is 0 Å². The van der Waals surface area contributed by atoms with Crippen molar-refractivity contribution in [3.63, 3.8) is 0 Å². The molecule has 74 valence electrons. The van der Waals surface area contributed by atoms with E-state index in [0.717, 1.165) is 0 Å². The van der Waals surface area contributed by atoms with Crippen LogP contribution < -0.4 is 5.73 Å². The molecule has 0 aromatic heterocycles. The van der Waals surface area contributed by atoms with Crippen LogP contribution in [0.3, 0.4) is 0 Å². The lowest BCUT2D eigenvalue weighted by atomic mass is 9.69. The Morgan fingerprint density at radius 1 is 1.08 bits per heavy atom. The van der Waals surface area contributed by atoms with Gasteiger partial charge in [0.05, 0.1) is 0 Å². The van der Waals surface area contributed by atoms with E-state index in [4.69, 9.17) is 5.73 Å². The van der Waals surface area contributed by atoms with Gasteiger partial charge in [0, 0.05) is 9.46 Å². The topological polar surface area (TPSA) is 26.0 Å². The van der Waals surface area contributed by atoms with E-state index in [1.54, 1.807) is 0 Å². The Morgan fingerprint density at radius 2 is 1.42 bits per heavy atom. The third-order valence-electron chi connectivity index (χ3n) is 3.46. The zero-order valence-corrected chi connectivity index (χ0v) is 11.3. The second kappa shape index (κ2) is 3.82. The summed E-state index contributed by atoms with van der Waals surface area (Å²) in [6, 6.07) is 0.272. The fourth-order valence-corrected chi connectivity index (χ4v) is 1.69. The van der Waals surface area contributed by atoms with E-state index in [1.807, 2.05) is 0 Å². The Hall–Kier alpha value is 0.690. The predicted molar refractivity (Wildman–Crippen MR) is 64.7 cm³/mol. The fourth-order valence-electron chi connectivity index (χ4n) is 1.20. The van der Waals surface area contributed by atoms with Crippen LogP contribution in [0.4, 0.5) is 0 Å². The molecule has 0 rings (SSSR count). The number of rotatable bonds is 3. The molecule has 0 aliphatic rings. The summed E-state index contributed by atoms with van der Waals surface area (Å²) in [6.07, 6.45) is 0. The Labute approximate surface area is 90.6 Å². The van der Waals surface area contributed by atoms with Crippen LogP contribution in [0.5, 0.6) is 0 Å². The van der Waals surface area contributed by atoms with E-state index in [9.17, 15) is 0 Å². The summed E-state index contributed by atoms with van der Waals surface area (Å²) in [5.41, 5.74) is 6.19. The SMILES string of the molecule is CC(N)C(C)C(C)(C)C(C)(C)I. The molecule has 0 saturated carbocycles. The summed E-state index contributed by atoms with van der Waals surface area (Å²) in [5.74, 6) is 0.546. The first-order valence-electron chi connectivity index (χ1n) is 4.55. The molecule has 1 nitrogen and oxygen atoms in total. The van der Waals surface area contributed by atoms with E-state index < -0.39 is 0 Å². The second-order valence-electron chi connectivity index (χ2n) is 4.84. The van der Waals surface area contributed by atoms with Gasteiger partial charge in [0.2, 0.25) is 0 Å². The van der Waals surface area contributed by atoms with Crippen molar-refractivity contribution in [1.82, 2.24) is 0 Å². The quantitative estimate of drug-likeness (QED) is 0.624. The molecular weight excluding hydrogens is 261 g/mol. The minimum absolute atomic E-state index is 0.272. The first kappa shape index (κ1) is 12.7. The van der Waals surface area contributed by atoms with Gasteiger partial charge in [-0.15, -0.1) is 0 Å². The average molecular weight is 283 g/mol. The number of hydrogen-bond donors (Lipinski definition) is 1. The van der Waals surface area contributed by atoms with Crippen molar-refractivity contribution in [2.45, 2.75) is 51.0 Å². The van der Waals surface area contributed by atoms with Gasteiger partial charge in [-0.25, -0.2) is 0 Å². The molecule has 0 aromatic rings. The van der Waals surface area contributed by atoms with Gasteiger partial charge in [-0.2, -0.15) is 0 Å². The fraction of sp³-hybridized carbons (Fsp3) is 1.00. The maximum atomic E-state index is 5.92. The van der Waals surface area contributed by atoms with E-state index in [1.165, 1.54) is 0 Å². The normalized spacial score (nSPS) is 19.0. The molecule has 2 N–H and O–H groups in total. The Balaban J connectivity index is 4.61. The molecule has 0 fully saturated rings. The van der Waals surface area contributed by atoms with Crippen molar-refractivity contribution >= 4 is 22.6 Å². The average Bonchev–Trinajstić information content (AvgIpc) is 1.83. The van der Waals surface area contributed by atoms with Crippen LogP contribution in [-0.4, -0.2) is 9.46 Å². The first-order valence-corrected chi connectivity index (χ1v) is 5.63. The van der Waals surface area contributed by atoms with Crippen LogP contribution in [0.25, 0.3) is 0 Å². The molecule has 0 spiro atoms. The van der Waals surface area contributed by atoms with Gasteiger partial charge in [-0.05, 0) is 18.3 Å². The Kier molecular flexibility index (Phi) is 4.04. The molecule has 0 saturated heterocycles. The third-order valence-corrected chi connectivity index (χ3v) is 4.85. The highest BCUT2D eigenvalue weighted by Crippen LogP contribution is 2.44. The minimum Gasteiger partial charge on any atom is -0.328 e. The summed E-state index contributed by atoms with van der Waals surface area (Å²) in [6.45, 7) is 13.5. The van der Waals surface area contributed by atoms with Gasteiger partial charge in [0.15, 0.2) is 0 Å². The summed E-state index contributed by atoms with van der Waals surface area (Å²) < 4.78 is 0.289. The molecule has 2 heteroatoms. The summed E-state index contributed by atoms with van der Waals surface area (Å²) in [5, 5.41) is 0. The van der Waals surface area contributed by atoms with Crippen LogP contribution in [0.1, 0.15) is 41.5 Å². The van der Waals surface area contributed by atoms with Gasteiger partial charge < -0.3 is 5.73 Å². The van der Waals surface area contributed by atoms with Gasteiger partial charge in [-0.1, -0.05) is 57.2 Å². The highest BCUT2D eigenvalue weighted by atomic mass is 127. The Bertz CT molecular complexity index is 144. The zero-order valence-electron chi connectivity index (χ0n) is 9.11. The van der Waals surface area contributed by atoms with Crippen molar-refractivity contribution in [2.24, 2.45) is 17.1 Å². The summed E-state index contributed by atoms with van der Waals surface area (Å²) >= 11 is 2.51. The molecule has 2 atom stereocenters. The van der Waals surface area contributed by atoms with Crippen molar-refractivity contribution in [3.8, 4) is 0 Å². The zero-order chi connectivity index (χ0) is 10.2. The summed E-state index contributed by atoms with van der Waals surface area (Å²) in [7, 11) is 0. The van der Waals surface area contributed by atoms with Crippen LogP contribution >= 0.6 is 22.6 Å². The van der Waals surface area contributed by atoms with Crippen molar-refractivity contribution in [2.75, 3.05) is 0 Å². The van der Waals surface area contributed by atoms with Crippen LogP contribution in [0, 0.1) is 11.3 Å². The number of hydrogen-bond acceptors (Lipinski definition) is 1. The van der Waals surface area contributed by atoms with Crippen LogP contribution in [0.15, 0.2) is 0 Å². The number of nitrogens with two attached hydrogens (primary N) is 1. The first-order chi connectivity index (χ1) is 5.10. The lowest BCUT2D eigenvalue weighted by Gasteiger charge is -2.44. The molecule has 0 bridgehead atoms. The molecule has 2 unspecified atom stereocenters. The maximum absolute atomic E-state index is 5.92. The molecule has 0 radical (unpaired) electrons. The van der Waals surface area contributed by atoms with Gasteiger partial charge in [-0.3, -0.25) is 0 Å². The van der Waals surface area contributed by atoms with Crippen LogP contribution in [-0.2, 0) is 0 Å². The van der Waals surface area contributed by atoms with E-state index in [2.05, 4.69) is 64.1 Å². The van der Waals surface area contributed by atoms with Crippen LogP contribution in [0.2, 0.25) is 0 Å². The molecule has 0 aliphatic heterocycles. The highest BCUT2D eigenvalue weighted by Gasteiger charge is 2.40. The lowest BCUT2D eigenvalue weighted by Crippen LogP contribution is -2.45. The standard InChI is InChI=1S/C10H22IN/c1-7(8(2)12)9(3,4)10(5,6)11/h7-8H,12H2,1-6H3. The molecular formula is C10H22IN. The summed E-state index contributed by atoms with van der Waals surface area (Å²) in [4.78, 5) is 0. The number of alkyl halides is 1. The molecule has 12 heavy (non-hydrogen) atoms. The van der Waals surface area contributed by atoms with Crippen molar-refractivity contribution in [3.05, 3.63) is 0 Å². The van der Waals surface area contributed by atoms with Crippen molar-refractivity contribution < 1.29 is 0 Å². The molecule has 0 heterocycles. The molecule has 0 amide bonds. The third kappa shape index (κ3) is 2.59. The van der Waals surface area contributed by atoms with Gasteiger partial charge in [0.1, 0.15) is 0 Å². The van der Waals surface area contributed by atoms with E-state index >= 15 is 0 Å².